The van der Waals surface area contributed by atoms with E-state index in [0.717, 1.165) is 5.69 Å². The first kappa shape index (κ1) is 7.60. The maximum absolute atomic E-state index is 5.69. The van der Waals surface area contributed by atoms with Gasteiger partial charge < -0.3 is 0 Å². The molecule has 0 saturated carbocycles. The second kappa shape index (κ2) is 3.61. The van der Waals surface area contributed by atoms with Crippen LogP contribution in [0.25, 0.3) is 0 Å². The van der Waals surface area contributed by atoms with Crippen molar-refractivity contribution in [1.82, 2.24) is 0 Å². The summed E-state index contributed by atoms with van der Waals surface area (Å²) in [6.07, 6.45) is 0. The van der Waals surface area contributed by atoms with Crippen molar-refractivity contribution in [2.24, 2.45) is 0 Å². The van der Waals surface area contributed by atoms with Crippen LogP contribution < -0.4 is 26.9 Å². The van der Waals surface area contributed by atoms with E-state index in [1.165, 1.54) is 3.57 Å². The average molecular weight is 246 g/mol. The maximum atomic E-state index is 5.69. The minimum atomic E-state index is -0.0529. The molecule has 0 fully saturated rings. The summed E-state index contributed by atoms with van der Waals surface area (Å²) in [4.78, 5) is 0. The molecule has 54 valence electrons. The number of anilines is 1. The summed E-state index contributed by atoms with van der Waals surface area (Å²) in [5.74, 6) is 0. The van der Waals surface area contributed by atoms with Crippen LogP contribution in [0.5, 0.6) is 0 Å². The Kier molecular flexibility index (Phi) is 2.74. The number of hydrogen-bond donors (Lipinski definition) is 1. The van der Waals surface area contributed by atoms with Crippen molar-refractivity contribution in [1.29, 1.82) is 0 Å². The summed E-state index contributed by atoms with van der Waals surface area (Å²) < 4.78 is 3.22. The standard InChI is InChI=1S/C8H9IN/c1-2-9-7-5-3-4-6-8(7)10/h2-6H,1,10H2/q-1. The van der Waals surface area contributed by atoms with Gasteiger partial charge in [-0.05, 0) is 0 Å². The van der Waals surface area contributed by atoms with Gasteiger partial charge in [0.2, 0.25) is 0 Å². The fraction of sp³-hybridized carbons (Fsp3) is 0. The van der Waals surface area contributed by atoms with Crippen LogP contribution in [0.15, 0.2) is 34.9 Å². The van der Waals surface area contributed by atoms with Crippen molar-refractivity contribution in [3.05, 3.63) is 38.5 Å². The second-order valence-electron chi connectivity index (χ2n) is 1.78. The molecule has 1 nitrogen and oxygen atoms in total. The van der Waals surface area contributed by atoms with Gasteiger partial charge in [0.15, 0.2) is 0 Å². The molecular weight excluding hydrogens is 237 g/mol. The predicted octanol–water partition coefficient (Wildman–Crippen LogP) is -1.33. The first-order chi connectivity index (χ1) is 4.84. The molecule has 2 N–H and O–H groups in total. The van der Waals surface area contributed by atoms with Gasteiger partial charge in [0.05, 0.1) is 0 Å². The zero-order valence-corrected chi connectivity index (χ0v) is 7.71. The Hall–Kier alpha value is -0.510. The van der Waals surface area contributed by atoms with Gasteiger partial charge in [0.1, 0.15) is 0 Å². The van der Waals surface area contributed by atoms with E-state index >= 15 is 0 Å². The van der Waals surface area contributed by atoms with Gasteiger partial charge in [-0.2, -0.15) is 0 Å². The molecule has 0 radical (unpaired) electrons. The molecular formula is C8H9IN-. The van der Waals surface area contributed by atoms with Crippen molar-refractivity contribution >= 4 is 5.69 Å². The van der Waals surface area contributed by atoms with Gasteiger partial charge >= 0.3 is 71.1 Å². The topological polar surface area (TPSA) is 26.0 Å². The van der Waals surface area contributed by atoms with Crippen molar-refractivity contribution in [3.8, 4) is 0 Å². The third-order valence-corrected chi connectivity index (χ3v) is 3.19. The van der Waals surface area contributed by atoms with Gasteiger partial charge in [-0.1, -0.05) is 0 Å². The predicted molar refractivity (Wildman–Crippen MR) is 39.7 cm³/mol. The Morgan fingerprint density at radius 3 is 2.70 bits per heavy atom. The van der Waals surface area contributed by atoms with E-state index in [1.54, 1.807) is 0 Å². The SMILES string of the molecule is C=C[I-]c1ccccc1N. The van der Waals surface area contributed by atoms with E-state index in [0.29, 0.717) is 0 Å². The number of benzene rings is 1. The molecule has 2 heteroatoms. The number of hydrogen-bond acceptors (Lipinski definition) is 1. The van der Waals surface area contributed by atoms with E-state index in [9.17, 15) is 0 Å². The minimum absolute atomic E-state index is 0.0529. The molecule has 10 heavy (non-hydrogen) atoms. The number of halogens is 1. The quantitative estimate of drug-likeness (QED) is 0.508. The monoisotopic (exact) mass is 246 g/mol. The van der Waals surface area contributed by atoms with Crippen LogP contribution in [0.4, 0.5) is 5.69 Å². The van der Waals surface area contributed by atoms with Crippen molar-refractivity contribution < 1.29 is 21.2 Å². The molecule has 0 aliphatic heterocycles. The van der Waals surface area contributed by atoms with Crippen LogP contribution in [-0.4, -0.2) is 0 Å². The van der Waals surface area contributed by atoms with Crippen molar-refractivity contribution in [2.75, 3.05) is 5.73 Å². The first-order valence-electron chi connectivity index (χ1n) is 2.93. The van der Waals surface area contributed by atoms with E-state index in [1.807, 2.05) is 22.3 Å². The molecule has 1 rings (SSSR count). The third kappa shape index (κ3) is 1.73. The van der Waals surface area contributed by atoms with E-state index in [4.69, 9.17) is 5.73 Å². The summed E-state index contributed by atoms with van der Waals surface area (Å²) >= 11 is -0.0529. The number of nitrogen functional groups attached to an aromatic ring is 1. The Morgan fingerprint density at radius 1 is 1.40 bits per heavy atom. The Balaban J connectivity index is 2.91. The molecule has 1 aromatic rings. The van der Waals surface area contributed by atoms with Gasteiger partial charge in [-0.15, -0.1) is 0 Å². The van der Waals surface area contributed by atoms with Gasteiger partial charge in [0.25, 0.3) is 0 Å². The van der Waals surface area contributed by atoms with Crippen LogP contribution >= 0.6 is 0 Å². The van der Waals surface area contributed by atoms with Crippen LogP contribution in [0.1, 0.15) is 0 Å². The van der Waals surface area contributed by atoms with Crippen LogP contribution in [0.2, 0.25) is 0 Å². The zero-order valence-electron chi connectivity index (χ0n) is 5.55. The van der Waals surface area contributed by atoms with Gasteiger partial charge in [-0.3, -0.25) is 0 Å². The molecule has 0 amide bonds. The van der Waals surface area contributed by atoms with E-state index in [2.05, 4.69) is 12.6 Å². The molecule has 1 aromatic carbocycles. The molecule has 0 heterocycles. The fourth-order valence-electron chi connectivity index (χ4n) is 0.658. The fourth-order valence-corrected chi connectivity index (χ4v) is 2.09. The zero-order chi connectivity index (χ0) is 7.40. The number of para-hydroxylation sites is 1. The molecule has 0 atom stereocenters. The number of nitrogens with two attached hydrogens (primary N) is 1. The van der Waals surface area contributed by atoms with Crippen LogP contribution in [0.3, 0.4) is 0 Å². The molecule has 0 saturated heterocycles. The summed E-state index contributed by atoms with van der Waals surface area (Å²) in [6.45, 7) is 3.69. The molecule has 0 spiro atoms. The molecule has 0 aromatic heterocycles. The summed E-state index contributed by atoms with van der Waals surface area (Å²) in [6, 6.07) is 7.95. The Bertz CT molecular complexity index is 232. The Morgan fingerprint density at radius 2 is 2.10 bits per heavy atom. The Labute approximate surface area is 71.2 Å². The summed E-state index contributed by atoms with van der Waals surface area (Å²) in [5.41, 5.74) is 6.58. The molecule has 0 aliphatic carbocycles. The van der Waals surface area contributed by atoms with E-state index < -0.39 is 0 Å². The third-order valence-electron chi connectivity index (χ3n) is 1.10. The average Bonchev–Trinajstić information content (AvgIpc) is 1.94. The van der Waals surface area contributed by atoms with Gasteiger partial charge in [0, 0.05) is 0 Å². The van der Waals surface area contributed by atoms with Crippen LogP contribution in [0, 0.1) is 3.57 Å². The molecule has 0 aliphatic rings. The summed E-state index contributed by atoms with van der Waals surface area (Å²) in [5, 5.41) is 0. The molecule has 0 bridgehead atoms. The molecule has 0 unspecified atom stereocenters. The second-order valence-corrected chi connectivity index (χ2v) is 4.45. The number of rotatable bonds is 2. The van der Waals surface area contributed by atoms with Crippen molar-refractivity contribution in [3.63, 3.8) is 0 Å². The van der Waals surface area contributed by atoms with Crippen molar-refractivity contribution in [2.45, 2.75) is 0 Å². The van der Waals surface area contributed by atoms with E-state index in [-0.39, 0.29) is 21.2 Å². The first-order valence-corrected chi connectivity index (χ1v) is 5.26. The summed E-state index contributed by atoms with van der Waals surface area (Å²) in [7, 11) is 0. The van der Waals surface area contributed by atoms with Crippen LogP contribution in [-0.2, 0) is 0 Å². The normalized spacial score (nSPS) is 9.60. The van der Waals surface area contributed by atoms with Gasteiger partial charge in [-0.25, -0.2) is 0 Å².